The lowest BCUT2D eigenvalue weighted by Gasteiger charge is -2.47. The maximum Gasteiger partial charge on any atom is 0.308 e. The Labute approximate surface area is 117 Å². The molecule has 9 nitrogen and oxygen atoms in total. The molecular weight excluding hydrogens is 288 g/mol. The third-order valence-corrected chi connectivity index (χ3v) is 4.13. The van der Waals surface area contributed by atoms with Crippen molar-refractivity contribution in [1.29, 1.82) is 0 Å². The maximum atomic E-state index is 11.3. The molecule has 0 amide bonds. The van der Waals surface area contributed by atoms with Crippen molar-refractivity contribution in [3.05, 3.63) is 12.2 Å². The average molecular weight is 302 g/mol. The van der Waals surface area contributed by atoms with Crippen molar-refractivity contribution in [2.45, 2.75) is 0 Å². The zero-order valence-corrected chi connectivity index (χ0v) is 10.5. The lowest BCUT2D eigenvalue weighted by atomic mass is 9.53. The van der Waals surface area contributed by atoms with Gasteiger partial charge in [-0.2, -0.15) is 0 Å². The van der Waals surface area contributed by atoms with Crippen LogP contribution in [-0.2, 0) is 19.2 Å². The molecule has 0 radical (unpaired) electrons. The molecule has 116 valence electrons. The SMILES string of the molecule is O.O=C(O)C1C2C=CC(C1C(=O)O)C(C(=O)O)C2C(=O)O. The minimum atomic E-state index is -1.43. The second-order valence-corrected chi connectivity index (χ2v) is 5.00. The van der Waals surface area contributed by atoms with Crippen LogP contribution in [0.4, 0.5) is 0 Å². The van der Waals surface area contributed by atoms with Gasteiger partial charge in [-0.3, -0.25) is 19.2 Å². The fourth-order valence-corrected chi connectivity index (χ4v) is 3.41. The Kier molecular flexibility index (Phi) is 4.37. The molecule has 0 aromatic rings. The standard InChI is InChI=1S/C12H12O8.H2O/c13-9(14)5-3-1-2-4(7(5)11(17)18)8(12(19)20)6(3)10(15)16;/h1-8H,(H,13,14)(H,15,16)(H,17,18)(H,19,20);1H2. The normalized spacial score (nSPS) is 36.6. The van der Waals surface area contributed by atoms with Gasteiger partial charge in [0.15, 0.2) is 0 Å². The molecule has 1 fully saturated rings. The van der Waals surface area contributed by atoms with E-state index in [0.717, 1.165) is 0 Å². The van der Waals surface area contributed by atoms with E-state index < -0.39 is 59.4 Å². The Hall–Kier alpha value is -2.42. The molecule has 4 unspecified atom stereocenters. The number of allylic oxidation sites excluding steroid dienone is 2. The quantitative estimate of drug-likeness (QED) is 0.466. The highest BCUT2D eigenvalue weighted by molar-refractivity contribution is 5.88. The zero-order valence-electron chi connectivity index (χ0n) is 10.5. The summed E-state index contributed by atoms with van der Waals surface area (Å²) in [5.41, 5.74) is 0. The van der Waals surface area contributed by atoms with Crippen molar-refractivity contribution in [3.63, 3.8) is 0 Å². The van der Waals surface area contributed by atoms with E-state index in [2.05, 4.69) is 0 Å². The maximum absolute atomic E-state index is 11.3. The van der Waals surface area contributed by atoms with E-state index >= 15 is 0 Å². The third-order valence-electron chi connectivity index (χ3n) is 4.13. The molecule has 3 aliphatic carbocycles. The largest absolute Gasteiger partial charge is 0.481 e. The number of fused-ring (bicyclic) bond motifs is 2. The third kappa shape index (κ3) is 2.35. The van der Waals surface area contributed by atoms with Gasteiger partial charge in [-0.05, 0) is 0 Å². The molecule has 0 saturated heterocycles. The number of rotatable bonds is 4. The lowest BCUT2D eigenvalue weighted by molar-refractivity contribution is -0.178. The predicted octanol–water partition coefficient (Wildman–Crippen LogP) is -1.22. The molecule has 21 heavy (non-hydrogen) atoms. The molecule has 0 aliphatic heterocycles. The van der Waals surface area contributed by atoms with Crippen LogP contribution in [0.3, 0.4) is 0 Å². The van der Waals surface area contributed by atoms with Gasteiger partial charge in [0.25, 0.3) is 0 Å². The van der Waals surface area contributed by atoms with Gasteiger partial charge in [0.1, 0.15) is 0 Å². The summed E-state index contributed by atoms with van der Waals surface area (Å²) in [6, 6.07) is 0. The molecule has 0 aromatic heterocycles. The molecule has 2 bridgehead atoms. The average Bonchev–Trinajstić information content (AvgIpc) is 2.36. The Morgan fingerprint density at radius 3 is 0.905 bits per heavy atom. The molecule has 0 spiro atoms. The Balaban J connectivity index is 0.00000220. The number of aliphatic carboxylic acids is 4. The van der Waals surface area contributed by atoms with E-state index in [-0.39, 0.29) is 5.48 Å². The van der Waals surface area contributed by atoms with E-state index in [1.165, 1.54) is 12.2 Å². The topological polar surface area (TPSA) is 181 Å². The molecule has 3 rings (SSSR count). The first-order chi connectivity index (χ1) is 9.27. The van der Waals surface area contributed by atoms with Crippen molar-refractivity contribution in [2.24, 2.45) is 35.5 Å². The number of carboxylic acid groups (broad SMARTS) is 4. The molecule has 3 aliphatic rings. The van der Waals surface area contributed by atoms with Gasteiger partial charge in [0, 0.05) is 11.8 Å². The van der Waals surface area contributed by atoms with Crippen molar-refractivity contribution in [1.82, 2.24) is 0 Å². The zero-order chi connectivity index (χ0) is 15.2. The number of carbonyl (C=O) groups is 4. The number of hydrogen-bond acceptors (Lipinski definition) is 4. The molecule has 6 N–H and O–H groups in total. The lowest BCUT2D eigenvalue weighted by Crippen LogP contribution is -2.57. The summed E-state index contributed by atoms with van der Waals surface area (Å²) in [6.45, 7) is 0. The first kappa shape index (κ1) is 16.6. The first-order valence-electron chi connectivity index (χ1n) is 5.87. The van der Waals surface area contributed by atoms with Gasteiger partial charge in [0.05, 0.1) is 23.7 Å². The summed E-state index contributed by atoms with van der Waals surface area (Å²) in [6.07, 6.45) is 2.64. The Morgan fingerprint density at radius 1 is 0.571 bits per heavy atom. The second-order valence-electron chi connectivity index (χ2n) is 5.00. The minimum Gasteiger partial charge on any atom is -0.481 e. The van der Waals surface area contributed by atoms with E-state index in [9.17, 15) is 19.2 Å². The van der Waals surface area contributed by atoms with Gasteiger partial charge in [-0.15, -0.1) is 0 Å². The van der Waals surface area contributed by atoms with Crippen molar-refractivity contribution in [2.75, 3.05) is 0 Å². The highest BCUT2D eigenvalue weighted by atomic mass is 16.4. The molecular formula is C12H14O9. The van der Waals surface area contributed by atoms with Crippen LogP contribution in [0.1, 0.15) is 0 Å². The molecule has 0 heterocycles. The number of carboxylic acids is 4. The van der Waals surface area contributed by atoms with Crippen molar-refractivity contribution >= 4 is 23.9 Å². The van der Waals surface area contributed by atoms with Gasteiger partial charge in [-0.25, -0.2) is 0 Å². The summed E-state index contributed by atoms with van der Waals surface area (Å²) >= 11 is 0. The van der Waals surface area contributed by atoms with Gasteiger partial charge < -0.3 is 25.9 Å². The van der Waals surface area contributed by atoms with E-state index in [1.54, 1.807) is 0 Å². The van der Waals surface area contributed by atoms with Crippen LogP contribution in [0.15, 0.2) is 12.2 Å². The molecule has 0 aromatic carbocycles. The van der Waals surface area contributed by atoms with E-state index in [0.29, 0.717) is 0 Å². The second kappa shape index (κ2) is 5.52. The Morgan fingerprint density at radius 2 is 0.762 bits per heavy atom. The van der Waals surface area contributed by atoms with Crippen LogP contribution in [0.5, 0.6) is 0 Å². The number of hydrogen-bond donors (Lipinski definition) is 4. The fraction of sp³-hybridized carbons (Fsp3) is 0.500. The summed E-state index contributed by atoms with van der Waals surface area (Å²) in [7, 11) is 0. The minimum absolute atomic E-state index is 0. The van der Waals surface area contributed by atoms with Crippen LogP contribution in [0.2, 0.25) is 0 Å². The van der Waals surface area contributed by atoms with E-state index in [1.807, 2.05) is 0 Å². The highest BCUT2D eigenvalue weighted by Crippen LogP contribution is 2.51. The van der Waals surface area contributed by atoms with Crippen molar-refractivity contribution < 1.29 is 45.1 Å². The summed E-state index contributed by atoms with van der Waals surface area (Å²) in [4.78, 5) is 45.1. The molecule has 4 atom stereocenters. The van der Waals surface area contributed by atoms with Crippen LogP contribution >= 0.6 is 0 Å². The van der Waals surface area contributed by atoms with Gasteiger partial charge in [-0.1, -0.05) is 12.2 Å². The summed E-state index contributed by atoms with van der Waals surface area (Å²) < 4.78 is 0. The molecule has 1 saturated carbocycles. The predicted molar refractivity (Wildman–Crippen MR) is 64.2 cm³/mol. The van der Waals surface area contributed by atoms with E-state index in [4.69, 9.17) is 20.4 Å². The first-order valence-corrected chi connectivity index (χ1v) is 5.87. The van der Waals surface area contributed by atoms with Crippen molar-refractivity contribution in [3.8, 4) is 0 Å². The van der Waals surface area contributed by atoms with Gasteiger partial charge in [0.2, 0.25) is 0 Å². The van der Waals surface area contributed by atoms with Gasteiger partial charge >= 0.3 is 23.9 Å². The summed E-state index contributed by atoms with van der Waals surface area (Å²) in [5.74, 6) is -13.7. The van der Waals surface area contributed by atoms with Crippen LogP contribution in [-0.4, -0.2) is 49.8 Å². The molecule has 9 heteroatoms. The highest BCUT2D eigenvalue weighted by Gasteiger charge is 2.61. The van der Waals surface area contributed by atoms with Crippen LogP contribution < -0.4 is 0 Å². The van der Waals surface area contributed by atoms with Crippen LogP contribution in [0.25, 0.3) is 0 Å². The Bertz CT molecular complexity index is 437. The monoisotopic (exact) mass is 302 g/mol. The fourth-order valence-electron chi connectivity index (χ4n) is 3.41. The smallest absolute Gasteiger partial charge is 0.308 e. The van der Waals surface area contributed by atoms with Crippen LogP contribution in [0, 0.1) is 35.5 Å². The summed E-state index contributed by atoms with van der Waals surface area (Å²) in [5, 5.41) is 36.7.